The molecule has 0 spiro atoms. The smallest absolute Gasteiger partial charge is 0.240 e. The van der Waals surface area contributed by atoms with Crippen molar-refractivity contribution in [1.29, 1.82) is 0 Å². The highest BCUT2D eigenvalue weighted by atomic mass is 32.2. The lowest BCUT2D eigenvalue weighted by atomic mass is 10.0. The second-order valence-corrected chi connectivity index (χ2v) is 7.60. The van der Waals surface area contributed by atoms with E-state index in [1.165, 1.54) is 0 Å². The highest BCUT2D eigenvalue weighted by molar-refractivity contribution is 7.89. The summed E-state index contributed by atoms with van der Waals surface area (Å²) < 4.78 is 27.0. The fourth-order valence-electron chi connectivity index (χ4n) is 2.29. The topological polar surface area (TPSA) is 66.4 Å². The first kappa shape index (κ1) is 17.7. The van der Waals surface area contributed by atoms with Crippen molar-refractivity contribution in [1.82, 2.24) is 4.72 Å². The highest BCUT2D eigenvalue weighted by Crippen LogP contribution is 2.18. The number of rotatable bonds is 7. The maximum absolute atomic E-state index is 12.2. The zero-order chi connectivity index (χ0) is 16.9. The average Bonchev–Trinajstić information content (AvgIpc) is 2.55. The van der Waals surface area contributed by atoms with Crippen molar-refractivity contribution in [3.63, 3.8) is 0 Å². The molecule has 0 aromatic heterocycles. The van der Waals surface area contributed by atoms with Gasteiger partial charge in [-0.3, -0.25) is 0 Å². The Morgan fingerprint density at radius 2 is 1.57 bits per heavy atom. The summed E-state index contributed by atoms with van der Waals surface area (Å²) >= 11 is 0. The van der Waals surface area contributed by atoms with Gasteiger partial charge in [0.1, 0.15) is 0 Å². The van der Waals surface area contributed by atoms with Crippen molar-refractivity contribution in [3.05, 3.63) is 65.7 Å². The van der Waals surface area contributed by atoms with Crippen molar-refractivity contribution >= 4 is 10.0 Å². The van der Waals surface area contributed by atoms with Crippen LogP contribution in [0.15, 0.2) is 59.5 Å². The van der Waals surface area contributed by atoms with Crippen molar-refractivity contribution in [2.24, 2.45) is 0 Å². The normalized spacial score (nSPS) is 13.2. The first-order valence-corrected chi connectivity index (χ1v) is 9.21. The van der Waals surface area contributed by atoms with Gasteiger partial charge in [0.2, 0.25) is 10.0 Å². The summed E-state index contributed by atoms with van der Waals surface area (Å²) in [5.74, 6) is 0.362. The maximum atomic E-state index is 12.2. The monoisotopic (exact) mass is 333 g/mol. The summed E-state index contributed by atoms with van der Waals surface area (Å²) in [6.45, 7) is 4.31. The van der Waals surface area contributed by atoms with Crippen LogP contribution in [0.4, 0.5) is 0 Å². The fourth-order valence-corrected chi connectivity index (χ4v) is 3.33. The van der Waals surface area contributed by atoms with Gasteiger partial charge >= 0.3 is 0 Å². The van der Waals surface area contributed by atoms with Gasteiger partial charge in [-0.2, -0.15) is 0 Å². The largest absolute Gasteiger partial charge is 0.388 e. The summed E-state index contributed by atoms with van der Waals surface area (Å²) in [7, 11) is -3.54. The molecule has 0 aliphatic rings. The fraction of sp³-hybridized carbons (Fsp3) is 0.333. The van der Waals surface area contributed by atoms with E-state index in [4.69, 9.17) is 0 Å². The van der Waals surface area contributed by atoms with Gasteiger partial charge in [0.25, 0.3) is 0 Å². The molecule has 1 unspecified atom stereocenters. The molecule has 2 rings (SSSR count). The molecule has 0 heterocycles. The zero-order valence-corrected chi connectivity index (χ0v) is 14.3. The van der Waals surface area contributed by atoms with Gasteiger partial charge in [-0.05, 0) is 35.6 Å². The van der Waals surface area contributed by atoms with Crippen LogP contribution in [-0.2, 0) is 10.0 Å². The van der Waals surface area contributed by atoms with E-state index < -0.39 is 16.1 Å². The number of aliphatic hydroxyl groups is 1. The number of aliphatic hydroxyl groups excluding tert-OH is 1. The zero-order valence-electron chi connectivity index (χ0n) is 13.4. The molecular formula is C18H23NO3S. The minimum atomic E-state index is -3.54. The summed E-state index contributed by atoms with van der Waals surface area (Å²) in [5.41, 5.74) is 1.89. The van der Waals surface area contributed by atoms with Crippen LogP contribution in [0.3, 0.4) is 0 Å². The molecule has 0 radical (unpaired) electrons. The Hall–Kier alpha value is -1.69. The Kier molecular flexibility index (Phi) is 5.93. The van der Waals surface area contributed by atoms with Crippen LogP contribution >= 0.6 is 0 Å². The molecule has 4 nitrogen and oxygen atoms in total. The van der Waals surface area contributed by atoms with Crippen LogP contribution in [0.5, 0.6) is 0 Å². The van der Waals surface area contributed by atoms with Crippen molar-refractivity contribution in [2.75, 3.05) is 6.54 Å². The van der Waals surface area contributed by atoms with Gasteiger partial charge in [0.15, 0.2) is 0 Å². The first-order chi connectivity index (χ1) is 10.9. The second kappa shape index (κ2) is 7.73. The Bertz CT molecular complexity index is 710. The van der Waals surface area contributed by atoms with Gasteiger partial charge in [-0.1, -0.05) is 56.3 Å². The van der Waals surface area contributed by atoms with Crippen LogP contribution in [0.25, 0.3) is 0 Å². The quantitative estimate of drug-likeness (QED) is 0.817. The van der Waals surface area contributed by atoms with E-state index in [9.17, 15) is 13.5 Å². The highest BCUT2D eigenvalue weighted by Gasteiger charge is 2.15. The minimum absolute atomic E-state index is 0.185. The van der Waals surface area contributed by atoms with E-state index in [1.807, 2.05) is 42.5 Å². The Morgan fingerprint density at radius 1 is 0.957 bits per heavy atom. The molecule has 0 saturated carbocycles. The number of hydrogen-bond acceptors (Lipinski definition) is 3. The van der Waals surface area contributed by atoms with E-state index in [1.54, 1.807) is 12.1 Å². The minimum Gasteiger partial charge on any atom is -0.388 e. The third kappa shape index (κ3) is 4.89. The summed E-state index contributed by atoms with van der Waals surface area (Å²) in [6, 6.07) is 16.1. The lowest BCUT2D eigenvalue weighted by molar-refractivity contribution is 0.169. The third-order valence-corrected chi connectivity index (χ3v) is 5.23. The van der Waals surface area contributed by atoms with Crippen LogP contribution in [0.1, 0.15) is 43.4 Å². The van der Waals surface area contributed by atoms with E-state index in [0.29, 0.717) is 12.3 Å². The van der Waals surface area contributed by atoms with E-state index in [2.05, 4.69) is 18.6 Å². The molecule has 5 heteroatoms. The second-order valence-electron chi connectivity index (χ2n) is 5.84. The molecule has 2 aromatic rings. The van der Waals surface area contributed by atoms with Gasteiger partial charge in [-0.25, -0.2) is 13.1 Å². The SMILES string of the molecule is CC(C)c1ccc(S(=O)(=O)NCCC(O)c2ccccc2)cc1. The van der Waals surface area contributed by atoms with E-state index >= 15 is 0 Å². The van der Waals surface area contributed by atoms with Gasteiger partial charge in [0.05, 0.1) is 11.0 Å². The first-order valence-electron chi connectivity index (χ1n) is 7.73. The number of benzene rings is 2. The maximum Gasteiger partial charge on any atom is 0.240 e. The van der Waals surface area contributed by atoms with Crippen LogP contribution < -0.4 is 4.72 Å². The summed E-state index contributed by atoms with van der Waals surface area (Å²) in [5, 5.41) is 10.1. The average molecular weight is 333 g/mol. The molecule has 2 N–H and O–H groups in total. The number of nitrogens with one attached hydrogen (secondary N) is 1. The lowest BCUT2D eigenvalue weighted by Gasteiger charge is -2.12. The molecule has 0 saturated heterocycles. The van der Waals surface area contributed by atoms with E-state index in [-0.39, 0.29) is 11.4 Å². The van der Waals surface area contributed by atoms with Crippen LogP contribution in [-0.4, -0.2) is 20.1 Å². The Morgan fingerprint density at radius 3 is 2.13 bits per heavy atom. The van der Waals surface area contributed by atoms with E-state index in [0.717, 1.165) is 11.1 Å². The molecular weight excluding hydrogens is 310 g/mol. The Labute approximate surface area is 138 Å². The molecule has 1 atom stereocenters. The molecule has 23 heavy (non-hydrogen) atoms. The Balaban J connectivity index is 1.94. The predicted molar refractivity (Wildman–Crippen MR) is 91.7 cm³/mol. The van der Waals surface area contributed by atoms with Gasteiger partial charge in [0, 0.05) is 6.54 Å². The molecule has 0 amide bonds. The van der Waals surface area contributed by atoms with Crippen molar-refractivity contribution < 1.29 is 13.5 Å². The summed E-state index contributed by atoms with van der Waals surface area (Å²) in [6.07, 6.45) is -0.352. The van der Waals surface area contributed by atoms with Crippen molar-refractivity contribution in [2.45, 2.75) is 37.2 Å². The molecule has 0 fully saturated rings. The standard InChI is InChI=1S/C18H23NO3S/c1-14(2)15-8-10-17(11-9-15)23(21,22)19-13-12-18(20)16-6-4-3-5-7-16/h3-11,14,18-20H,12-13H2,1-2H3. The molecule has 0 bridgehead atoms. The molecule has 124 valence electrons. The van der Waals surface area contributed by atoms with Gasteiger partial charge in [-0.15, -0.1) is 0 Å². The third-order valence-electron chi connectivity index (χ3n) is 3.75. The lowest BCUT2D eigenvalue weighted by Crippen LogP contribution is -2.26. The van der Waals surface area contributed by atoms with Crippen LogP contribution in [0, 0.1) is 0 Å². The molecule has 0 aliphatic carbocycles. The molecule has 2 aromatic carbocycles. The molecule has 0 aliphatic heterocycles. The van der Waals surface area contributed by atoms with Crippen molar-refractivity contribution in [3.8, 4) is 0 Å². The van der Waals surface area contributed by atoms with Gasteiger partial charge < -0.3 is 5.11 Å². The van der Waals surface area contributed by atoms with Crippen LogP contribution in [0.2, 0.25) is 0 Å². The summed E-state index contributed by atoms with van der Waals surface area (Å²) in [4.78, 5) is 0.246. The predicted octanol–water partition coefficient (Wildman–Crippen LogP) is 3.21. The number of hydrogen-bond donors (Lipinski definition) is 2. The number of sulfonamides is 1.